The van der Waals surface area contributed by atoms with Crippen LogP contribution in [0.25, 0.3) is 0 Å². The number of carbonyl (C=O) groups is 4. The molecule has 0 saturated heterocycles. The van der Waals surface area contributed by atoms with E-state index in [0.717, 1.165) is 82.1 Å². The smallest absolute Gasteiger partial charge is 0.333 e. The number of benzene rings is 6. The van der Waals surface area contributed by atoms with Crippen molar-refractivity contribution in [3.05, 3.63) is 228 Å². The Labute approximate surface area is 449 Å². The molecule has 10 nitrogen and oxygen atoms in total. The Bertz CT molecular complexity index is 2650. The predicted octanol–water partition coefficient (Wildman–Crippen LogP) is 14.5. The van der Waals surface area contributed by atoms with Crippen LogP contribution in [0.4, 0.5) is 34.1 Å². The number of hydrogen-bond donors (Lipinski definition) is 0. The summed E-state index contributed by atoms with van der Waals surface area (Å²) in [5.74, 6) is -1.57. The van der Waals surface area contributed by atoms with Gasteiger partial charge in [0.1, 0.15) is 0 Å². The first-order valence-corrected chi connectivity index (χ1v) is 26.1. The SMILES string of the molecule is C=C(C)C(=O)OCCc1ccc(N(c2ccc(CCOC(=O)C(=C)C)cc2)c2ccc(C3(c4ccc(N(c5ccc(CCOC(=O)C(=C)C)cc5)c5ccc(CCOC(=O)C(=C)C)cc5)cc4)CCCCC3)cc2)cc1. The normalized spacial score (nSPS) is 12.6. The maximum absolute atomic E-state index is 12.0. The van der Waals surface area contributed by atoms with Gasteiger partial charge >= 0.3 is 23.9 Å². The Morgan fingerprint density at radius 2 is 0.566 bits per heavy atom. The lowest BCUT2D eigenvalue weighted by atomic mass is 9.65. The Morgan fingerprint density at radius 3 is 0.776 bits per heavy atom. The molecule has 6 aromatic carbocycles. The summed E-state index contributed by atoms with van der Waals surface area (Å²) in [5, 5.41) is 0. The van der Waals surface area contributed by atoms with Crippen molar-refractivity contribution in [3.8, 4) is 0 Å². The molecule has 0 aliphatic heterocycles. The summed E-state index contributed by atoms with van der Waals surface area (Å²) >= 11 is 0. The highest BCUT2D eigenvalue weighted by Crippen LogP contribution is 2.47. The third kappa shape index (κ3) is 14.5. The summed E-state index contributed by atoms with van der Waals surface area (Å²) in [5.41, 5.74) is 13.9. The molecule has 0 N–H and O–H groups in total. The largest absolute Gasteiger partial charge is 0.462 e. The third-order valence-corrected chi connectivity index (χ3v) is 13.7. The molecule has 0 bridgehead atoms. The van der Waals surface area contributed by atoms with Crippen molar-refractivity contribution in [1.82, 2.24) is 0 Å². The quantitative estimate of drug-likeness (QED) is 0.0330. The molecule has 76 heavy (non-hydrogen) atoms. The molecule has 1 saturated carbocycles. The zero-order valence-electron chi connectivity index (χ0n) is 44.5. The Kier molecular flexibility index (Phi) is 19.2. The topological polar surface area (TPSA) is 112 Å². The molecule has 7 rings (SSSR count). The summed E-state index contributed by atoms with van der Waals surface area (Å²) in [6.45, 7) is 22.4. The molecule has 0 atom stereocenters. The molecule has 1 aliphatic carbocycles. The van der Waals surface area contributed by atoms with Gasteiger partial charge in [-0.3, -0.25) is 0 Å². The predicted molar refractivity (Wildman–Crippen MR) is 304 cm³/mol. The number of rotatable bonds is 24. The minimum Gasteiger partial charge on any atom is -0.462 e. The zero-order chi connectivity index (χ0) is 54.2. The van der Waals surface area contributed by atoms with Crippen LogP contribution in [0.1, 0.15) is 93.2 Å². The standard InChI is InChI=1S/C66H70N2O8/c1-46(2)62(69)73-42-36-50-12-24-56(25-13-50)67(57-26-14-51(15-27-57)37-43-74-63(70)47(3)4)60-32-20-54(21-33-60)66(40-10-9-11-41-66)55-22-34-61(35-23-55)68(58-28-16-52(17-29-58)38-44-75-64(71)48(5)6)59-30-18-53(19-31-59)39-45-76-65(72)49(7)8/h12-35H,1,3,5,7,9-11,36-45H2,2,4,6,8H3. The lowest BCUT2D eigenvalue weighted by Crippen LogP contribution is -2.30. The maximum atomic E-state index is 12.0. The first kappa shape index (κ1) is 55.5. The molecular formula is C66H70N2O8. The number of hydrogen-bond acceptors (Lipinski definition) is 10. The van der Waals surface area contributed by atoms with E-state index in [1.165, 1.54) is 17.5 Å². The number of anilines is 6. The highest BCUT2D eigenvalue weighted by Gasteiger charge is 2.36. The van der Waals surface area contributed by atoms with Crippen LogP contribution in [0.3, 0.4) is 0 Å². The van der Waals surface area contributed by atoms with Crippen LogP contribution in [0.5, 0.6) is 0 Å². The number of nitrogens with zero attached hydrogens (tertiary/aromatic N) is 2. The Morgan fingerprint density at radius 1 is 0.355 bits per heavy atom. The minimum absolute atomic E-state index is 0.195. The third-order valence-electron chi connectivity index (χ3n) is 13.7. The van der Waals surface area contributed by atoms with E-state index in [9.17, 15) is 19.2 Å². The molecule has 10 heteroatoms. The van der Waals surface area contributed by atoms with Gasteiger partial charge in [0.15, 0.2) is 0 Å². The Hall–Kier alpha value is -8.24. The minimum atomic E-state index is -0.392. The molecule has 0 spiro atoms. The second-order valence-corrected chi connectivity index (χ2v) is 19.7. The molecule has 0 radical (unpaired) electrons. The Balaban J connectivity index is 1.17. The number of esters is 4. The highest BCUT2D eigenvalue weighted by atomic mass is 16.5. The van der Waals surface area contributed by atoms with E-state index >= 15 is 0 Å². The van der Waals surface area contributed by atoms with Gasteiger partial charge in [0, 0.05) is 87.5 Å². The molecular weight excluding hydrogens is 949 g/mol. The van der Waals surface area contributed by atoms with Gasteiger partial charge in [0.2, 0.25) is 0 Å². The van der Waals surface area contributed by atoms with Crippen molar-refractivity contribution in [3.63, 3.8) is 0 Å². The molecule has 0 heterocycles. The van der Waals surface area contributed by atoms with Crippen molar-refractivity contribution in [2.45, 2.75) is 90.9 Å². The molecule has 0 aromatic heterocycles. The lowest BCUT2D eigenvalue weighted by Gasteiger charge is -2.39. The van der Waals surface area contributed by atoms with Gasteiger partial charge in [0.05, 0.1) is 26.4 Å². The lowest BCUT2D eigenvalue weighted by molar-refractivity contribution is -0.139. The zero-order valence-corrected chi connectivity index (χ0v) is 44.5. The molecule has 6 aromatic rings. The number of ether oxygens (including phenoxy) is 4. The molecule has 0 amide bonds. The molecule has 1 fully saturated rings. The van der Waals surface area contributed by atoms with Crippen LogP contribution < -0.4 is 9.80 Å². The van der Waals surface area contributed by atoms with Gasteiger partial charge in [-0.15, -0.1) is 0 Å². The summed E-state index contributed by atoms with van der Waals surface area (Å²) in [4.78, 5) is 52.6. The van der Waals surface area contributed by atoms with E-state index in [4.69, 9.17) is 18.9 Å². The van der Waals surface area contributed by atoms with Crippen LogP contribution in [-0.4, -0.2) is 50.3 Å². The van der Waals surface area contributed by atoms with Crippen molar-refractivity contribution in [2.75, 3.05) is 36.2 Å². The van der Waals surface area contributed by atoms with E-state index in [-0.39, 0.29) is 31.8 Å². The van der Waals surface area contributed by atoms with Gasteiger partial charge in [-0.25, -0.2) is 19.2 Å². The van der Waals surface area contributed by atoms with E-state index in [0.29, 0.717) is 48.0 Å². The van der Waals surface area contributed by atoms with Crippen LogP contribution in [0.2, 0.25) is 0 Å². The molecule has 392 valence electrons. The van der Waals surface area contributed by atoms with Gasteiger partial charge < -0.3 is 28.7 Å². The molecule has 1 aliphatic rings. The second kappa shape index (κ2) is 26.3. The summed E-state index contributed by atoms with van der Waals surface area (Å²) in [7, 11) is 0. The maximum Gasteiger partial charge on any atom is 0.333 e. The first-order chi connectivity index (χ1) is 36.6. The average Bonchev–Trinajstić information content (AvgIpc) is 3.45. The van der Waals surface area contributed by atoms with Crippen molar-refractivity contribution in [2.24, 2.45) is 0 Å². The van der Waals surface area contributed by atoms with Crippen molar-refractivity contribution in [1.29, 1.82) is 0 Å². The van der Waals surface area contributed by atoms with Gasteiger partial charge in [-0.1, -0.05) is 118 Å². The van der Waals surface area contributed by atoms with E-state index in [1.54, 1.807) is 27.7 Å². The van der Waals surface area contributed by atoms with Crippen molar-refractivity contribution >= 4 is 58.0 Å². The molecule has 0 unspecified atom stereocenters. The summed E-state index contributed by atoms with van der Waals surface area (Å²) in [6.07, 6.45) is 7.80. The number of carbonyl (C=O) groups excluding carboxylic acids is 4. The fraction of sp³-hybridized carbons (Fsp3) is 0.273. The summed E-state index contributed by atoms with van der Waals surface area (Å²) < 4.78 is 21.5. The van der Waals surface area contributed by atoms with Crippen LogP contribution in [-0.2, 0) is 69.2 Å². The van der Waals surface area contributed by atoms with E-state index in [1.807, 2.05) is 0 Å². The van der Waals surface area contributed by atoms with Crippen molar-refractivity contribution < 1.29 is 38.1 Å². The average molecular weight is 1020 g/mol. The van der Waals surface area contributed by atoms with Gasteiger partial charge in [0.25, 0.3) is 0 Å². The van der Waals surface area contributed by atoms with E-state index in [2.05, 4.69) is 182 Å². The first-order valence-electron chi connectivity index (χ1n) is 26.1. The van der Waals surface area contributed by atoms with Crippen LogP contribution in [0, 0.1) is 0 Å². The van der Waals surface area contributed by atoms with E-state index < -0.39 is 23.9 Å². The van der Waals surface area contributed by atoms with Crippen LogP contribution in [0.15, 0.2) is 194 Å². The van der Waals surface area contributed by atoms with Gasteiger partial charge in [-0.05, 0) is 147 Å². The monoisotopic (exact) mass is 1020 g/mol. The highest BCUT2D eigenvalue weighted by molar-refractivity contribution is 5.88. The fourth-order valence-corrected chi connectivity index (χ4v) is 9.44. The van der Waals surface area contributed by atoms with Crippen LogP contribution >= 0.6 is 0 Å². The van der Waals surface area contributed by atoms with Gasteiger partial charge in [-0.2, -0.15) is 0 Å². The summed E-state index contributed by atoms with van der Waals surface area (Å²) in [6, 6.07) is 51.4. The second-order valence-electron chi connectivity index (χ2n) is 19.7. The fourth-order valence-electron chi connectivity index (χ4n) is 9.44.